The molecule has 20 heteroatoms. The molecule has 0 aromatic rings. The van der Waals surface area contributed by atoms with Crippen molar-refractivity contribution in [3.05, 3.63) is 0 Å². The van der Waals surface area contributed by atoms with Crippen LogP contribution in [0, 0.1) is 35.5 Å². The number of hydrogen-bond donors (Lipinski definition) is 1. The van der Waals surface area contributed by atoms with Crippen molar-refractivity contribution in [3.8, 4) is 0 Å². The number of aliphatic hydroxyl groups is 1. The van der Waals surface area contributed by atoms with Gasteiger partial charge in [-0.2, -0.15) is 0 Å². The second kappa shape index (κ2) is 40.8. The molecule has 1 aliphatic rings. The maximum Gasteiger partial charge on any atom is 0.330 e. The molecule has 398 valence electrons. The lowest BCUT2D eigenvalue weighted by molar-refractivity contribution is 0.144. The summed E-state index contributed by atoms with van der Waals surface area (Å²) in [6, 6.07) is 0. The molecule has 0 spiro atoms. The first-order chi connectivity index (χ1) is 27.9. The molecule has 0 aliphatic carbocycles. The summed E-state index contributed by atoms with van der Waals surface area (Å²) in [5.41, 5.74) is 0.169. The standard InChI is InChI=1S/C8H19O2P.C7H15O3P.C7H17O3P.2C7H17O2P.C6H15O2P.2CH4/c1-6-10-11(5,9)8(4)7(2)3;1-7(2)6-11(8)9-4-3-5-10-11;1-5-10-11(4,9)7(8)6(2)3;2*1-5-9-10(4,8)6-7(2)3;1-6(2)5-9(4,7)8-3;;/h7-8H,6H2,1-5H3;7H,3-6H2,1-2H3;6-8H,5H2,1-4H3;2*7H,5-6H2,1-4H3;6H,5H2,1-4H3;2*1H4. The van der Waals surface area contributed by atoms with E-state index in [2.05, 4.69) is 41.5 Å². The molecule has 1 rings (SSSR count). The Morgan fingerprint density at radius 2 is 0.828 bits per heavy atom. The third-order valence-corrected chi connectivity index (χ3v) is 22.4. The first-order valence-electron chi connectivity index (χ1n) is 22.4. The van der Waals surface area contributed by atoms with Gasteiger partial charge in [-0.15, -0.1) is 0 Å². The predicted octanol–water partition coefficient (Wildman–Crippen LogP) is 15.8. The molecular formula is C44H108O14P6. The van der Waals surface area contributed by atoms with E-state index in [9.17, 15) is 32.5 Å². The summed E-state index contributed by atoms with van der Waals surface area (Å²) in [6.45, 7) is 45.0. The second-order valence-corrected chi connectivity index (χ2v) is 34.0. The number of hydrogen-bond acceptors (Lipinski definition) is 14. The Balaban J connectivity index is -0.000000121. The van der Waals surface area contributed by atoms with Gasteiger partial charge < -0.3 is 36.8 Å². The van der Waals surface area contributed by atoms with Gasteiger partial charge in [0.1, 0.15) is 5.85 Å². The average Bonchev–Trinajstić information content (AvgIpc) is 3.07. The SMILES string of the molecule is C.C.CC(C)CP1(=O)OCCCO1.CCOP(C)(=O)C(C)C(C)C.CCOP(C)(=O)C(O)C(C)C.CCOP(C)(=O)CC(C)C.CCOP(C)(=O)CC(C)C.COP(C)(=O)CC(C)C. The van der Waals surface area contributed by atoms with E-state index in [0.29, 0.717) is 93.9 Å². The van der Waals surface area contributed by atoms with Gasteiger partial charge in [-0.3, -0.25) is 27.4 Å². The Hall–Kier alpha value is 1.06. The third-order valence-electron chi connectivity index (χ3n) is 8.29. The minimum absolute atomic E-state index is 0. The molecule has 0 aromatic heterocycles. The smallest absolute Gasteiger partial charge is 0.330 e. The van der Waals surface area contributed by atoms with Crippen LogP contribution >= 0.6 is 44.4 Å². The van der Waals surface area contributed by atoms with Crippen LogP contribution in [-0.4, -0.2) is 121 Å². The maximum absolute atomic E-state index is 11.7. The highest BCUT2D eigenvalue weighted by Crippen LogP contribution is 2.52. The van der Waals surface area contributed by atoms with E-state index in [4.69, 9.17) is 31.7 Å². The zero-order valence-electron chi connectivity index (χ0n) is 43.8. The molecule has 0 amide bonds. The van der Waals surface area contributed by atoms with Crippen LogP contribution < -0.4 is 0 Å². The van der Waals surface area contributed by atoms with Crippen LogP contribution in [-0.2, 0) is 59.1 Å². The summed E-state index contributed by atoms with van der Waals surface area (Å²) in [5, 5.41) is 9.40. The second-order valence-electron chi connectivity index (χ2n) is 18.3. The fourth-order valence-electron chi connectivity index (χ4n) is 5.56. The molecule has 0 bridgehead atoms. The first kappa shape index (κ1) is 79.2. The van der Waals surface area contributed by atoms with E-state index in [1.807, 2.05) is 69.2 Å². The van der Waals surface area contributed by atoms with Gasteiger partial charge in [0.15, 0.2) is 22.1 Å². The van der Waals surface area contributed by atoms with E-state index >= 15 is 0 Å². The van der Waals surface area contributed by atoms with E-state index < -0.39 is 50.3 Å². The fourth-order valence-corrected chi connectivity index (χ4v) is 16.6. The predicted molar refractivity (Wildman–Crippen MR) is 283 cm³/mol. The maximum atomic E-state index is 11.7. The zero-order valence-corrected chi connectivity index (χ0v) is 49.2. The fraction of sp³-hybridized carbons (Fsp3) is 1.00. The Kier molecular flexibility index (Phi) is 50.4. The third kappa shape index (κ3) is 49.5. The number of rotatable bonds is 21. The molecule has 0 saturated carbocycles. The summed E-state index contributed by atoms with van der Waals surface area (Å²) >= 11 is 0. The summed E-state index contributed by atoms with van der Waals surface area (Å²) in [7, 11) is -13.0. The molecule has 7 unspecified atom stereocenters. The van der Waals surface area contributed by atoms with Gasteiger partial charge in [0, 0.05) is 64.6 Å². The van der Waals surface area contributed by atoms with Crippen molar-refractivity contribution in [3.63, 3.8) is 0 Å². The summed E-state index contributed by atoms with van der Waals surface area (Å²) < 4.78 is 104. The van der Waals surface area contributed by atoms with Crippen molar-refractivity contribution in [2.24, 2.45) is 35.5 Å². The molecule has 1 aliphatic heterocycles. The van der Waals surface area contributed by atoms with Crippen molar-refractivity contribution in [1.82, 2.24) is 0 Å². The largest absolute Gasteiger partial charge is 0.383 e. The summed E-state index contributed by atoms with van der Waals surface area (Å²) in [4.78, 5) is 0. The van der Waals surface area contributed by atoms with Crippen LogP contribution in [0.15, 0.2) is 0 Å². The Labute approximate surface area is 397 Å². The minimum Gasteiger partial charge on any atom is -0.383 e. The van der Waals surface area contributed by atoms with Gasteiger partial charge in [0.2, 0.25) is 14.7 Å². The van der Waals surface area contributed by atoms with Crippen LogP contribution in [0.25, 0.3) is 0 Å². The highest BCUT2D eigenvalue weighted by molar-refractivity contribution is 7.59. The monoisotopic (exact) mass is 1050 g/mol. The van der Waals surface area contributed by atoms with Crippen molar-refractivity contribution in [1.29, 1.82) is 0 Å². The Bertz CT molecular complexity index is 1300. The van der Waals surface area contributed by atoms with Gasteiger partial charge in [-0.05, 0) is 69.6 Å². The molecule has 0 aromatic carbocycles. The van der Waals surface area contributed by atoms with Crippen molar-refractivity contribution in [2.45, 2.75) is 150 Å². The van der Waals surface area contributed by atoms with Gasteiger partial charge in [0.05, 0.1) is 45.8 Å². The summed E-state index contributed by atoms with van der Waals surface area (Å²) in [5.74, 6) is 1.33. The molecule has 1 heterocycles. The highest BCUT2D eigenvalue weighted by Gasteiger charge is 2.30. The van der Waals surface area contributed by atoms with Gasteiger partial charge in [-0.25, -0.2) is 0 Å². The van der Waals surface area contributed by atoms with E-state index in [1.165, 1.54) is 13.8 Å². The lowest BCUT2D eigenvalue weighted by Gasteiger charge is -2.23. The first-order valence-corrected chi connectivity index (χ1v) is 35.2. The quantitative estimate of drug-likeness (QED) is 0.107. The molecule has 1 fully saturated rings. The van der Waals surface area contributed by atoms with E-state index in [0.717, 1.165) is 6.42 Å². The topological polar surface area (TPSA) is 187 Å². The van der Waals surface area contributed by atoms with Crippen LogP contribution in [0.2, 0.25) is 0 Å². The van der Waals surface area contributed by atoms with E-state index in [-0.39, 0.29) is 26.4 Å². The Morgan fingerprint density at radius 1 is 0.516 bits per heavy atom. The normalized spacial score (nSPS) is 18.8. The molecule has 0 radical (unpaired) electrons. The van der Waals surface area contributed by atoms with Gasteiger partial charge in [-0.1, -0.05) is 105 Å². The lowest BCUT2D eigenvalue weighted by Crippen LogP contribution is -2.16. The van der Waals surface area contributed by atoms with Crippen molar-refractivity contribution in [2.75, 3.05) is 105 Å². The highest BCUT2D eigenvalue weighted by atomic mass is 31.2. The van der Waals surface area contributed by atoms with Crippen LogP contribution in [0.3, 0.4) is 0 Å². The van der Waals surface area contributed by atoms with Gasteiger partial charge in [0.25, 0.3) is 0 Å². The lowest BCUT2D eigenvalue weighted by atomic mass is 10.2. The Morgan fingerprint density at radius 3 is 1.06 bits per heavy atom. The molecule has 1 saturated heterocycles. The van der Waals surface area contributed by atoms with Crippen LogP contribution in [0.5, 0.6) is 0 Å². The van der Waals surface area contributed by atoms with E-state index in [1.54, 1.807) is 33.6 Å². The molecule has 14 nitrogen and oxygen atoms in total. The van der Waals surface area contributed by atoms with Crippen molar-refractivity contribution >= 4 is 44.4 Å². The summed E-state index contributed by atoms with van der Waals surface area (Å²) in [6.07, 6.45) is 3.49. The van der Waals surface area contributed by atoms with Crippen LogP contribution in [0.1, 0.15) is 139 Å². The number of aliphatic hydroxyl groups excluding tert-OH is 1. The molecule has 7 atom stereocenters. The van der Waals surface area contributed by atoms with Gasteiger partial charge >= 0.3 is 7.60 Å². The zero-order chi connectivity index (χ0) is 50.3. The van der Waals surface area contributed by atoms with Crippen LogP contribution in [0.4, 0.5) is 0 Å². The average molecular weight is 1050 g/mol. The molecular weight excluding hydrogens is 938 g/mol. The van der Waals surface area contributed by atoms with Crippen molar-refractivity contribution < 1.29 is 64.2 Å². The molecule has 1 N–H and O–H groups in total. The molecule has 64 heavy (non-hydrogen) atoms. The minimum atomic E-state index is -2.78.